The van der Waals surface area contributed by atoms with Crippen LogP contribution in [0.5, 0.6) is 0 Å². The number of anilines is 1. The van der Waals surface area contributed by atoms with E-state index in [1.165, 1.54) is 0 Å². The van der Waals surface area contributed by atoms with Gasteiger partial charge < -0.3 is 25.6 Å². The molecule has 8 heteroatoms. The number of nitrogens with zero attached hydrogens (tertiary/aromatic N) is 2. The Morgan fingerprint density at radius 1 is 1.23 bits per heavy atom. The van der Waals surface area contributed by atoms with Crippen LogP contribution in [0.4, 0.5) is 10.5 Å². The lowest BCUT2D eigenvalue weighted by Crippen LogP contribution is -2.47. The third kappa shape index (κ3) is 7.57. The molecule has 166 valence electrons. The highest BCUT2D eigenvalue weighted by molar-refractivity contribution is 5.95. The van der Waals surface area contributed by atoms with Gasteiger partial charge in [0.05, 0.1) is 6.61 Å². The standard InChI is InChI=1S/C22H35N5O3/c1-5-30-22(29)26-18(13-16(2)3)15-25-21(23-4)24-14-17-8-10-19(11-9-17)27-12-6-7-20(27)28/h8-11,16,18H,5-7,12-15H2,1-4H3,(H,26,29)(H2,23,24,25). The predicted molar refractivity (Wildman–Crippen MR) is 120 cm³/mol. The van der Waals surface area contributed by atoms with Crippen LogP contribution in [0.1, 0.15) is 45.6 Å². The first-order valence-corrected chi connectivity index (χ1v) is 10.7. The molecule has 0 aromatic heterocycles. The number of aliphatic imine (C=N–C) groups is 1. The first-order valence-electron chi connectivity index (χ1n) is 10.7. The molecule has 2 rings (SSSR count). The Morgan fingerprint density at radius 2 is 1.97 bits per heavy atom. The zero-order valence-electron chi connectivity index (χ0n) is 18.5. The number of carbonyl (C=O) groups excluding carboxylic acids is 2. The van der Waals surface area contributed by atoms with Gasteiger partial charge >= 0.3 is 6.09 Å². The molecule has 30 heavy (non-hydrogen) atoms. The van der Waals surface area contributed by atoms with Crippen LogP contribution >= 0.6 is 0 Å². The average molecular weight is 418 g/mol. The first-order chi connectivity index (χ1) is 14.4. The van der Waals surface area contributed by atoms with Gasteiger partial charge in [0.15, 0.2) is 5.96 Å². The Bertz CT molecular complexity index is 718. The minimum absolute atomic E-state index is 0.0557. The van der Waals surface area contributed by atoms with Gasteiger partial charge in [-0.2, -0.15) is 0 Å². The SMILES string of the molecule is CCOC(=O)NC(CNC(=NC)NCc1ccc(N2CCCC2=O)cc1)CC(C)C. The summed E-state index contributed by atoms with van der Waals surface area (Å²) < 4.78 is 5.00. The fourth-order valence-corrected chi connectivity index (χ4v) is 3.44. The summed E-state index contributed by atoms with van der Waals surface area (Å²) in [4.78, 5) is 29.7. The quantitative estimate of drug-likeness (QED) is 0.424. The van der Waals surface area contributed by atoms with Crippen LogP contribution < -0.4 is 20.9 Å². The maximum atomic E-state index is 11.9. The fourth-order valence-electron chi connectivity index (χ4n) is 3.44. The first kappa shape index (κ1) is 23.5. The highest BCUT2D eigenvalue weighted by Gasteiger charge is 2.21. The minimum atomic E-state index is -0.399. The van der Waals surface area contributed by atoms with Crippen molar-refractivity contribution in [2.75, 3.05) is 31.6 Å². The van der Waals surface area contributed by atoms with E-state index < -0.39 is 6.09 Å². The van der Waals surface area contributed by atoms with Crippen molar-refractivity contribution in [3.63, 3.8) is 0 Å². The van der Waals surface area contributed by atoms with Crippen molar-refractivity contribution in [3.05, 3.63) is 29.8 Å². The normalized spacial score (nSPS) is 15.3. The van der Waals surface area contributed by atoms with Crippen molar-refractivity contribution >= 4 is 23.6 Å². The molecule has 8 nitrogen and oxygen atoms in total. The molecule has 1 saturated heterocycles. The van der Waals surface area contributed by atoms with Gasteiger partial charge in [-0.05, 0) is 43.4 Å². The molecule has 1 aliphatic rings. The van der Waals surface area contributed by atoms with Gasteiger partial charge in [-0.3, -0.25) is 9.79 Å². The summed E-state index contributed by atoms with van der Waals surface area (Å²) in [6.45, 7) is 8.32. The second kappa shape index (κ2) is 12.0. The maximum Gasteiger partial charge on any atom is 0.407 e. The van der Waals surface area contributed by atoms with Gasteiger partial charge in [0.25, 0.3) is 0 Å². The van der Waals surface area contributed by atoms with Crippen LogP contribution in [0.25, 0.3) is 0 Å². The molecule has 1 unspecified atom stereocenters. The third-order valence-corrected chi connectivity index (χ3v) is 4.87. The summed E-state index contributed by atoms with van der Waals surface area (Å²) in [6, 6.07) is 7.95. The fraction of sp³-hybridized carbons (Fsp3) is 0.591. The van der Waals surface area contributed by atoms with Crippen LogP contribution in [-0.2, 0) is 16.1 Å². The molecule has 1 atom stereocenters. The molecule has 3 N–H and O–H groups in total. The number of guanidine groups is 1. The van der Waals surface area contributed by atoms with Gasteiger partial charge in [-0.1, -0.05) is 26.0 Å². The smallest absolute Gasteiger partial charge is 0.407 e. The van der Waals surface area contributed by atoms with Gasteiger partial charge in [0.2, 0.25) is 5.91 Å². The predicted octanol–water partition coefficient (Wildman–Crippen LogP) is 2.64. The van der Waals surface area contributed by atoms with Crippen molar-refractivity contribution < 1.29 is 14.3 Å². The lowest BCUT2D eigenvalue weighted by molar-refractivity contribution is -0.117. The van der Waals surface area contributed by atoms with E-state index in [4.69, 9.17) is 4.74 Å². The van der Waals surface area contributed by atoms with Crippen molar-refractivity contribution in [1.29, 1.82) is 0 Å². The second-order valence-corrected chi connectivity index (χ2v) is 7.81. The Morgan fingerprint density at radius 3 is 2.53 bits per heavy atom. The minimum Gasteiger partial charge on any atom is -0.450 e. The molecule has 1 fully saturated rings. The Hall–Kier alpha value is -2.77. The molecule has 0 saturated carbocycles. The molecule has 0 aliphatic carbocycles. The molecule has 2 amide bonds. The van der Waals surface area contributed by atoms with Crippen LogP contribution in [0.15, 0.2) is 29.3 Å². The molecule has 1 aromatic carbocycles. The van der Waals surface area contributed by atoms with E-state index in [0.717, 1.165) is 30.6 Å². The topological polar surface area (TPSA) is 95.1 Å². The lowest BCUT2D eigenvalue weighted by atomic mass is 10.0. The van der Waals surface area contributed by atoms with Gasteiger partial charge in [0.1, 0.15) is 0 Å². The van der Waals surface area contributed by atoms with E-state index in [2.05, 4.69) is 34.8 Å². The van der Waals surface area contributed by atoms with Crippen LogP contribution in [-0.4, -0.2) is 50.7 Å². The summed E-state index contributed by atoms with van der Waals surface area (Å²) in [7, 11) is 1.72. The van der Waals surface area contributed by atoms with Crippen LogP contribution in [0, 0.1) is 5.92 Å². The maximum absolute atomic E-state index is 11.9. The number of hydrogen-bond donors (Lipinski definition) is 3. The van der Waals surface area contributed by atoms with E-state index in [9.17, 15) is 9.59 Å². The average Bonchev–Trinajstić information content (AvgIpc) is 3.14. The van der Waals surface area contributed by atoms with Gasteiger partial charge in [-0.15, -0.1) is 0 Å². The monoisotopic (exact) mass is 417 g/mol. The lowest BCUT2D eigenvalue weighted by Gasteiger charge is -2.22. The summed E-state index contributed by atoms with van der Waals surface area (Å²) in [5, 5.41) is 9.46. The van der Waals surface area contributed by atoms with Gasteiger partial charge in [-0.25, -0.2) is 4.79 Å². The molecule has 1 aromatic rings. The number of benzene rings is 1. The molecule has 0 bridgehead atoms. The van der Waals surface area contributed by atoms with Crippen molar-refractivity contribution in [3.8, 4) is 0 Å². The van der Waals surface area contributed by atoms with E-state index in [1.807, 2.05) is 29.2 Å². The number of alkyl carbamates (subject to hydrolysis) is 1. The zero-order valence-corrected chi connectivity index (χ0v) is 18.5. The van der Waals surface area contributed by atoms with Crippen LogP contribution in [0.2, 0.25) is 0 Å². The van der Waals surface area contributed by atoms with E-state index >= 15 is 0 Å². The van der Waals surface area contributed by atoms with E-state index in [-0.39, 0.29) is 11.9 Å². The molecule has 1 aliphatic heterocycles. The summed E-state index contributed by atoms with van der Waals surface area (Å²) in [5.74, 6) is 1.29. The summed E-state index contributed by atoms with van der Waals surface area (Å²) in [5.41, 5.74) is 2.04. The largest absolute Gasteiger partial charge is 0.450 e. The highest BCUT2D eigenvalue weighted by atomic mass is 16.5. The number of hydrogen-bond acceptors (Lipinski definition) is 4. The number of ether oxygens (including phenoxy) is 1. The number of carbonyl (C=O) groups is 2. The van der Waals surface area contributed by atoms with Crippen molar-refractivity contribution in [2.24, 2.45) is 10.9 Å². The third-order valence-electron chi connectivity index (χ3n) is 4.87. The molecule has 0 radical (unpaired) electrons. The number of nitrogens with one attached hydrogen (secondary N) is 3. The van der Waals surface area contributed by atoms with Crippen molar-refractivity contribution in [2.45, 2.75) is 52.6 Å². The molecule has 1 heterocycles. The van der Waals surface area contributed by atoms with Gasteiger partial charge in [0, 0.05) is 44.8 Å². The molecular weight excluding hydrogens is 382 g/mol. The zero-order chi connectivity index (χ0) is 21.9. The second-order valence-electron chi connectivity index (χ2n) is 7.81. The van der Waals surface area contributed by atoms with E-state index in [1.54, 1.807) is 14.0 Å². The Kier molecular flexibility index (Phi) is 9.44. The summed E-state index contributed by atoms with van der Waals surface area (Å²) in [6.07, 6.45) is 1.99. The Balaban J connectivity index is 1.84. The van der Waals surface area contributed by atoms with Crippen LogP contribution in [0.3, 0.4) is 0 Å². The Labute approximate surface area is 179 Å². The number of rotatable bonds is 9. The molecule has 0 spiro atoms. The highest BCUT2D eigenvalue weighted by Crippen LogP contribution is 2.21. The summed E-state index contributed by atoms with van der Waals surface area (Å²) >= 11 is 0. The number of amides is 2. The van der Waals surface area contributed by atoms with E-state index in [0.29, 0.717) is 38.0 Å². The van der Waals surface area contributed by atoms with Crippen molar-refractivity contribution in [1.82, 2.24) is 16.0 Å². The molecular formula is C22H35N5O3.